The summed E-state index contributed by atoms with van der Waals surface area (Å²) in [6, 6.07) is 7.61. The molecule has 0 aliphatic carbocycles. The summed E-state index contributed by atoms with van der Waals surface area (Å²) < 4.78 is 5.76. The first-order valence-electron chi connectivity index (χ1n) is 15.9. The zero-order valence-corrected chi connectivity index (χ0v) is 27.3. The fourth-order valence-corrected chi connectivity index (χ4v) is 6.14. The maximum absolute atomic E-state index is 13.8. The second-order valence-corrected chi connectivity index (χ2v) is 12.9. The molecule has 1 unspecified atom stereocenters. The van der Waals surface area contributed by atoms with E-state index in [0.29, 0.717) is 18.5 Å². The van der Waals surface area contributed by atoms with E-state index in [9.17, 15) is 19.2 Å². The summed E-state index contributed by atoms with van der Waals surface area (Å²) in [6.45, 7) is 12.8. The van der Waals surface area contributed by atoms with E-state index in [1.54, 1.807) is 23.8 Å². The van der Waals surface area contributed by atoms with Crippen molar-refractivity contribution in [1.29, 1.82) is 0 Å². The van der Waals surface area contributed by atoms with Crippen molar-refractivity contribution in [3.63, 3.8) is 0 Å². The second kappa shape index (κ2) is 15.5. The van der Waals surface area contributed by atoms with Crippen LogP contribution >= 0.6 is 0 Å². The molecule has 2 aliphatic heterocycles. The van der Waals surface area contributed by atoms with Gasteiger partial charge in [0.1, 0.15) is 18.2 Å². The third kappa shape index (κ3) is 8.68. The molecule has 1 aromatic rings. The van der Waals surface area contributed by atoms with Crippen molar-refractivity contribution >= 4 is 23.7 Å². The van der Waals surface area contributed by atoms with Crippen molar-refractivity contribution in [3.05, 3.63) is 47.5 Å². The van der Waals surface area contributed by atoms with E-state index in [-0.39, 0.29) is 41.6 Å². The lowest BCUT2D eigenvalue weighted by Gasteiger charge is -2.36. The summed E-state index contributed by atoms with van der Waals surface area (Å²) in [5.41, 5.74) is 1.38. The van der Waals surface area contributed by atoms with Crippen LogP contribution in [0, 0.1) is 11.8 Å². The Morgan fingerprint density at radius 2 is 1.58 bits per heavy atom. The van der Waals surface area contributed by atoms with E-state index < -0.39 is 24.2 Å². The average molecular weight is 597 g/mol. The quantitative estimate of drug-likeness (QED) is 0.302. The van der Waals surface area contributed by atoms with Gasteiger partial charge in [0.15, 0.2) is 0 Å². The number of rotatable bonds is 11. The Labute approximate surface area is 258 Å². The van der Waals surface area contributed by atoms with E-state index in [4.69, 9.17) is 4.74 Å². The minimum absolute atomic E-state index is 0.00996. The van der Waals surface area contributed by atoms with Gasteiger partial charge in [-0.25, -0.2) is 4.79 Å². The van der Waals surface area contributed by atoms with Crippen molar-refractivity contribution in [3.8, 4) is 0 Å². The molecule has 0 saturated carbocycles. The van der Waals surface area contributed by atoms with E-state index in [2.05, 4.69) is 10.2 Å². The first-order chi connectivity index (χ1) is 20.3. The number of likely N-dealkylation sites (N-methyl/N-ethyl adjacent to an activating group) is 2. The van der Waals surface area contributed by atoms with Gasteiger partial charge in [0.2, 0.25) is 17.7 Å². The van der Waals surface area contributed by atoms with E-state index in [0.717, 1.165) is 37.8 Å². The molecule has 0 bridgehead atoms. The number of carbonyl (C=O) groups is 4. The number of esters is 1. The maximum atomic E-state index is 13.8. The molecular weight excluding hydrogens is 544 g/mol. The predicted octanol–water partition coefficient (Wildman–Crippen LogP) is 4.34. The number of amides is 3. The molecular formula is C34H52N4O5. The van der Waals surface area contributed by atoms with Crippen LogP contribution in [0.4, 0.5) is 0 Å². The van der Waals surface area contributed by atoms with Crippen molar-refractivity contribution in [2.45, 2.75) is 104 Å². The molecule has 3 amide bonds. The lowest BCUT2D eigenvalue weighted by Crippen LogP contribution is -2.57. The maximum Gasteiger partial charge on any atom is 0.329 e. The average Bonchev–Trinajstić information content (AvgIpc) is 3.48. The zero-order chi connectivity index (χ0) is 31.8. The number of piperidine rings is 1. The number of ether oxygens (including phenoxy) is 1. The highest BCUT2D eigenvalue weighted by Gasteiger charge is 2.38. The van der Waals surface area contributed by atoms with Crippen LogP contribution in [-0.4, -0.2) is 89.7 Å². The van der Waals surface area contributed by atoms with Crippen LogP contribution < -0.4 is 5.32 Å². The van der Waals surface area contributed by atoms with Crippen LogP contribution in [0.15, 0.2) is 42.0 Å². The minimum Gasteiger partial charge on any atom is -0.456 e. The summed E-state index contributed by atoms with van der Waals surface area (Å²) >= 11 is 0. The summed E-state index contributed by atoms with van der Waals surface area (Å²) in [5, 5.41) is 3.04. The summed E-state index contributed by atoms with van der Waals surface area (Å²) in [4.78, 5) is 59.1. The summed E-state index contributed by atoms with van der Waals surface area (Å²) in [7, 11) is 3.69. The van der Waals surface area contributed by atoms with Crippen molar-refractivity contribution in [2.75, 3.05) is 27.2 Å². The van der Waals surface area contributed by atoms with Crippen molar-refractivity contribution in [1.82, 2.24) is 20.0 Å². The predicted molar refractivity (Wildman–Crippen MR) is 168 cm³/mol. The molecule has 1 N–H and O–H groups in total. The second-order valence-electron chi connectivity index (χ2n) is 12.9. The molecule has 0 spiro atoms. The molecule has 2 heterocycles. The first kappa shape index (κ1) is 34.3. The molecule has 3 rings (SSSR count). The number of benzene rings is 1. The van der Waals surface area contributed by atoms with Crippen molar-refractivity contribution < 1.29 is 23.9 Å². The highest BCUT2D eigenvalue weighted by molar-refractivity contribution is 5.96. The highest BCUT2D eigenvalue weighted by Crippen LogP contribution is 2.26. The topological polar surface area (TPSA) is 99.3 Å². The van der Waals surface area contributed by atoms with Crippen LogP contribution in [-0.2, 0) is 23.9 Å². The van der Waals surface area contributed by atoms with Gasteiger partial charge in [-0.1, -0.05) is 70.5 Å². The van der Waals surface area contributed by atoms with Crippen molar-refractivity contribution in [2.24, 2.45) is 11.8 Å². The summed E-state index contributed by atoms with van der Waals surface area (Å²) in [6.07, 6.45) is 5.53. The van der Waals surface area contributed by atoms with Crippen LogP contribution in [0.2, 0.25) is 0 Å². The van der Waals surface area contributed by atoms with E-state index >= 15 is 0 Å². The smallest absolute Gasteiger partial charge is 0.329 e. The third-order valence-electron chi connectivity index (χ3n) is 8.89. The van der Waals surface area contributed by atoms with Gasteiger partial charge in [-0.05, 0) is 70.5 Å². The lowest BCUT2D eigenvalue weighted by atomic mass is 9.96. The molecule has 2 aliphatic rings. The largest absolute Gasteiger partial charge is 0.456 e. The van der Waals surface area contributed by atoms with Crippen LogP contribution in [0.25, 0.3) is 0 Å². The molecule has 9 nitrogen and oxygen atoms in total. The Morgan fingerprint density at radius 3 is 2.19 bits per heavy atom. The van der Waals surface area contributed by atoms with E-state index in [1.165, 1.54) is 0 Å². The van der Waals surface area contributed by atoms with Gasteiger partial charge >= 0.3 is 5.97 Å². The molecule has 0 aromatic heterocycles. The molecule has 2 fully saturated rings. The Bertz CT molecular complexity index is 1150. The fourth-order valence-electron chi connectivity index (χ4n) is 6.14. The molecule has 0 radical (unpaired) electrons. The molecule has 238 valence electrons. The number of nitrogens with zero attached hydrogens (tertiary/aromatic N) is 3. The van der Waals surface area contributed by atoms with Gasteiger partial charge in [0.25, 0.3) is 0 Å². The number of carbonyl (C=O) groups excluding carboxylic acids is 4. The molecule has 1 aromatic carbocycles. The molecule has 2 saturated heterocycles. The van der Waals surface area contributed by atoms with Crippen LogP contribution in [0.5, 0.6) is 0 Å². The number of likely N-dealkylation sites (tertiary alicyclic amines) is 2. The van der Waals surface area contributed by atoms with Crippen LogP contribution in [0.1, 0.15) is 85.3 Å². The third-order valence-corrected chi connectivity index (χ3v) is 8.89. The molecule has 43 heavy (non-hydrogen) atoms. The van der Waals surface area contributed by atoms with Gasteiger partial charge in [0, 0.05) is 19.2 Å². The SMILES string of the molecule is C/C(=C\[C@H](C(C)C)N(C)C(=O)C(NC(=O)[C@H]1CCCCN1C)C(C)C)C(=O)N1CCC[C@H]1C(=O)O[C@@H](C)c1ccccc1. The number of nitrogens with one attached hydrogen (secondary N) is 1. The van der Waals surface area contributed by atoms with Gasteiger partial charge in [-0.2, -0.15) is 0 Å². The standard InChI is InChI=1S/C34H52N4O5/c1-22(2)29(37(8)33(41)30(23(3)4)35-31(39)27-17-12-13-19-36(27)7)21-24(5)32(40)38-20-14-18-28(38)34(42)43-25(6)26-15-10-9-11-16-26/h9-11,15-16,21-23,25,27-30H,12-14,17-20H2,1-8H3,(H,35,39)/b24-21+/t25-,27+,28-,29+,30?/m0/s1. The summed E-state index contributed by atoms with van der Waals surface area (Å²) in [5.74, 6) is -1.03. The van der Waals surface area contributed by atoms with E-state index in [1.807, 2.05) is 78.1 Å². The fraction of sp³-hybridized carbons (Fsp3) is 0.647. The van der Waals surface area contributed by atoms with Gasteiger partial charge in [-0.15, -0.1) is 0 Å². The highest BCUT2D eigenvalue weighted by atomic mass is 16.5. The lowest BCUT2D eigenvalue weighted by molar-refractivity contribution is -0.156. The van der Waals surface area contributed by atoms with Gasteiger partial charge in [-0.3, -0.25) is 19.3 Å². The Kier molecular flexibility index (Phi) is 12.4. The monoisotopic (exact) mass is 596 g/mol. The Hall–Kier alpha value is -3.20. The number of hydrogen-bond acceptors (Lipinski definition) is 6. The minimum atomic E-state index is -0.678. The number of hydrogen-bond donors (Lipinski definition) is 1. The molecule has 9 heteroatoms. The normalized spacial score (nSPS) is 21.8. The first-order valence-corrected chi connectivity index (χ1v) is 15.9. The Morgan fingerprint density at radius 1 is 0.930 bits per heavy atom. The van der Waals surface area contributed by atoms with Crippen LogP contribution in [0.3, 0.4) is 0 Å². The Balaban J connectivity index is 1.72. The zero-order valence-electron chi connectivity index (χ0n) is 27.3. The molecule has 5 atom stereocenters. The van der Waals surface area contributed by atoms with Gasteiger partial charge < -0.3 is 19.9 Å². The van der Waals surface area contributed by atoms with Gasteiger partial charge in [0.05, 0.1) is 12.1 Å².